The summed E-state index contributed by atoms with van der Waals surface area (Å²) in [6, 6.07) is 18.4. The van der Waals surface area contributed by atoms with Crippen molar-refractivity contribution in [2.24, 2.45) is 4.99 Å². The van der Waals surface area contributed by atoms with E-state index >= 15 is 0 Å². The van der Waals surface area contributed by atoms with Gasteiger partial charge in [0.2, 0.25) is 0 Å². The van der Waals surface area contributed by atoms with Gasteiger partial charge in [0.05, 0.1) is 4.90 Å². The van der Waals surface area contributed by atoms with Crippen LogP contribution in [0.15, 0.2) is 89.0 Å². The van der Waals surface area contributed by atoms with Gasteiger partial charge in [0.15, 0.2) is 18.9 Å². The summed E-state index contributed by atoms with van der Waals surface area (Å²) in [5.41, 5.74) is 2.22. The molecule has 3 rings (SSSR count). The van der Waals surface area contributed by atoms with Crippen molar-refractivity contribution in [3.8, 4) is 0 Å². The fraction of sp³-hybridized carbons (Fsp3) is 0.100. The molecule has 0 saturated carbocycles. The van der Waals surface area contributed by atoms with Gasteiger partial charge in [-0.2, -0.15) is 13.0 Å². The van der Waals surface area contributed by atoms with Gasteiger partial charge in [-0.15, -0.1) is 20.9 Å². The van der Waals surface area contributed by atoms with E-state index in [-0.39, 0.29) is 34.2 Å². The second kappa shape index (κ2) is 9.57. The normalized spacial score (nSPS) is 11.7. The third kappa shape index (κ3) is 6.24. The fourth-order valence-electron chi connectivity index (χ4n) is 2.59. The van der Waals surface area contributed by atoms with E-state index in [4.69, 9.17) is 0 Å². The SMILES string of the molecule is Br.O=S(=O)(F)c1ccc(C[n+]2cccc(N=C([O-])Cc3ccccc3)c2)cc1. The molecular formula is C20H18BrFN2O3S. The van der Waals surface area contributed by atoms with E-state index < -0.39 is 10.2 Å². The number of hydrogen-bond acceptors (Lipinski definition) is 4. The Bertz CT molecular complexity index is 1060. The van der Waals surface area contributed by atoms with Crippen molar-refractivity contribution in [3.63, 3.8) is 0 Å². The van der Waals surface area contributed by atoms with E-state index in [2.05, 4.69) is 4.99 Å². The number of aromatic nitrogens is 1. The number of halogens is 2. The third-order valence-corrected chi connectivity index (χ3v) is 4.70. The molecule has 0 bridgehead atoms. The van der Waals surface area contributed by atoms with E-state index in [1.54, 1.807) is 36.7 Å². The molecule has 3 aromatic rings. The van der Waals surface area contributed by atoms with Crippen molar-refractivity contribution in [3.05, 3.63) is 90.3 Å². The van der Waals surface area contributed by atoms with Crippen LogP contribution in [-0.2, 0) is 23.2 Å². The van der Waals surface area contributed by atoms with Gasteiger partial charge in [-0.05, 0) is 29.7 Å². The molecule has 0 amide bonds. The van der Waals surface area contributed by atoms with Crippen LogP contribution < -0.4 is 9.67 Å². The predicted molar refractivity (Wildman–Crippen MR) is 108 cm³/mol. The lowest BCUT2D eigenvalue weighted by atomic mass is 10.1. The summed E-state index contributed by atoms with van der Waals surface area (Å²) >= 11 is 0. The van der Waals surface area contributed by atoms with Crippen LogP contribution in [0.1, 0.15) is 11.1 Å². The van der Waals surface area contributed by atoms with Gasteiger partial charge >= 0.3 is 10.2 Å². The van der Waals surface area contributed by atoms with Crippen LogP contribution in [0.2, 0.25) is 0 Å². The Kier molecular flexibility index (Phi) is 7.42. The Hall–Kier alpha value is -2.58. The lowest BCUT2D eigenvalue weighted by molar-refractivity contribution is -0.687. The summed E-state index contributed by atoms with van der Waals surface area (Å²) in [7, 11) is -4.70. The molecule has 0 aliphatic heterocycles. The molecule has 0 fully saturated rings. The van der Waals surface area contributed by atoms with Crippen LogP contribution in [-0.4, -0.2) is 14.3 Å². The molecule has 1 heterocycles. The minimum atomic E-state index is -4.70. The average Bonchev–Trinajstić information content (AvgIpc) is 2.62. The Balaban J connectivity index is 0.00000280. The molecule has 0 aliphatic carbocycles. The zero-order chi connectivity index (χ0) is 19.3. The average molecular weight is 465 g/mol. The van der Waals surface area contributed by atoms with Gasteiger partial charge in [-0.3, -0.25) is 4.99 Å². The lowest BCUT2D eigenvalue weighted by Gasteiger charge is -2.10. The maximum Gasteiger partial charge on any atom is 0.332 e. The van der Waals surface area contributed by atoms with Gasteiger partial charge in [-0.1, -0.05) is 42.5 Å². The van der Waals surface area contributed by atoms with Gasteiger partial charge < -0.3 is 5.11 Å². The zero-order valence-electron chi connectivity index (χ0n) is 14.7. The van der Waals surface area contributed by atoms with E-state index in [0.29, 0.717) is 12.2 Å². The van der Waals surface area contributed by atoms with E-state index in [0.717, 1.165) is 11.1 Å². The summed E-state index contributed by atoms with van der Waals surface area (Å²) in [5.74, 6) is -0.239. The van der Waals surface area contributed by atoms with Crippen molar-refractivity contribution >= 4 is 38.8 Å². The monoisotopic (exact) mass is 464 g/mol. The first-order valence-electron chi connectivity index (χ1n) is 8.21. The maximum atomic E-state index is 12.9. The molecular weight excluding hydrogens is 447 g/mol. The predicted octanol–water partition coefficient (Wildman–Crippen LogP) is 2.89. The highest BCUT2D eigenvalue weighted by molar-refractivity contribution is 8.93. The first-order valence-corrected chi connectivity index (χ1v) is 9.60. The Morgan fingerprint density at radius 1 is 0.964 bits per heavy atom. The molecule has 0 saturated heterocycles. The number of aliphatic imine (C=N–C) groups is 1. The third-order valence-electron chi connectivity index (χ3n) is 3.86. The minimum absolute atomic E-state index is 0. The fourth-order valence-corrected chi connectivity index (χ4v) is 3.06. The highest BCUT2D eigenvalue weighted by Gasteiger charge is 2.12. The maximum absolute atomic E-state index is 12.9. The highest BCUT2D eigenvalue weighted by atomic mass is 79.9. The molecule has 0 spiro atoms. The molecule has 28 heavy (non-hydrogen) atoms. The minimum Gasteiger partial charge on any atom is -0.861 e. The number of benzene rings is 2. The van der Waals surface area contributed by atoms with E-state index in [1.807, 2.05) is 34.9 Å². The summed E-state index contributed by atoms with van der Waals surface area (Å²) in [5, 5.41) is 12.1. The Morgan fingerprint density at radius 3 is 2.29 bits per heavy atom. The summed E-state index contributed by atoms with van der Waals surface area (Å²) < 4.78 is 36.5. The Morgan fingerprint density at radius 2 is 1.64 bits per heavy atom. The first kappa shape index (κ1) is 21.7. The molecule has 1 aromatic heterocycles. The molecule has 0 N–H and O–H groups in total. The molecule has 5 nitrogen and oxygen atoms in total. The molecule has 0 atom stereocenters. The van der Waals surface area contributed by atoms with Gasteiger partial charge in [0.25, 0.3) is 0 Å². The molecule has 0 unspecified atom stereocenters. The van der Waals surface area contributed by atoms with Crippen molar-refractivity contribution in [2.45, 2.75) is 17.9 Å². The quantitative estimate of drug-likeness (QED) is 0.243. The zero-order valence-corrected chi connectivity index (χ0v) is 17.3. The topological polar surface area (TPSA) is 73.4 Å². The lowest BCUT2D eigenvalue weighted by Crippen LogP contribution is -2.33. The summed E-state index contributed by atoms with van der Waals surface area (Å²) in [6.45, 7) is 0.433. The van der Waals surface area contributed by atoms with Crippen molar-refractivity contribution < 1.29 is 22.0 Å². The van der Waals surface area contributed by atoms with Crippen LogP contribution >= 0.6 is 17.0 Å². The highest BCUT2D eigenvalue weighted by Crippen LogP contribution is 2.13. The van der Waals surface area contributed by atoms with Crippen LogP contribution in [0.5, 0.6) is 0 Å². The van der Waals surface area contributed by atoms with Crippen LogP contribution in [0.3, 0.4) is 0 Å². The van der Waals surface area contributed by atoms with Gasteiger partial charge in [0, 0.05) is 18.1 Å². The summed E-state index contributed by atoms with van der Waals surface area (Å²) in [4.78, 5) is 3.75. The van der Waals surface area contributed by atoms with E-state index in [9.17, 15) is 17.4 Å². The van der Waals surface area contributed by atoms with Crippen LogP contribution in [0.4, 0.5) is 9.57 Å². The number of rotatable bonds is 6. The van der Waals surface area contributed by atoms with E-state index in [1.165, 1.54) is 12.1 Å². The van der Waals surface area contributed by atoms with Crippen molar-refractivity contribution in [2.75, 3.05) is 0 Å². The Labute approximate surface area is 173 Å². The van der Waals surface area contributed by atoms with Crippen LogP contribution in [0.25, 0.3) is 0 Å². The second-order valence-electron chi connectivity index (χ2n) is 5.98. The van der Waals surface area contributed by atoms with Crippen molar-refractivity contribution in [1.82, 2.24) is 0 Å². The smallest absolute Gasteiger partial charge is 0.332 e. The molecule has 8 heteroatoms. The number of nitrogens with zero attached hydrogens (tertiary/aromatic N) is 2. The second-order valence-corrected chi connectivity index (χ2v) is 7.33. The van der Waals surface area contributed by atoms with Crippen molar-refractivity contribution in [1.29, 1.82) is 0 Å². The molecule has 146 valence electrons. The van der Waals surface area contributed by atoms with Crippen LogP contribution in [0, 0.1) is 0 Å². The number of pyridine rings is 1. The summed E-state index contributed by atoms with van der Waals surface area (Å²) in [6.07, 6.45) is 3.76. The standard InChI is InChI=1S/C20H17FN2O3S.BrH/c21-27(25,26)19-10-8-17(9-11-19)14-23-12-4-7-18(15-23)22-20(24)13-16-5-2-1-3-6-16;/h1-12,15H,13-14H2;1H. The molecule has 0 aliphatic rings. The largest absolute Gasteiger partial charge is 0.861 e. The van der Waals surface area contributed by atoms with Gasteiger partial charge in [0.1, 0.15) is 5.69 Å². The molecule has 0 radical (unpaired) electrons. The number of hydrogen-bond donors (Lipinski definition) is 0. The van der Waals surface area contributed by atoms with Gasteiger partial charge in [-0.25, -0.2) is 0 Å². The molecule has 2 aromatic carbocycles. The first-order chi connectivity index (χ1) is 12.9.